The summed E-state index contributed by atoms with van der Waals surface area (Å²) in [6.07, 6.45) is 7.76. The molecule has 0 aliphatic carbocycles. The van der Waals surface area contributed by atoms with Gasteiger partial charge < -0.3 is 14.9 Å². The molecule has 0 atom stereocenters. The van der Waals surface area contributed by atoms with Crippen LogP contribution in [0.3, 0.4) is 0 Å². The molecule has 0 bridgehead atoms. The predicted octanol–water partition coefficient (Wildman–Crippen LogP) is 10.5. The van der Waals surface area contributed by atoms with Crippen molar-refractivity contribution >= 4 is 44.6 Å². The lowest BCUT2D eigenvalue weighted by Crippen LogP contribution is -1.98. The van der Waals surface area contributed by atoms with Gasteiger partial charge in [-0.15, -0.1) is 0 Å². The Balaban J connectivity index is 1.18. The molecule has 0 aliphatic heterocycles. The molecule has 0 saturated heterocycles. The number of fused-ring (bicyclic) bond motifs is 4. The van der Waals surface area contributed by atoms with Crippen LogP contribution in [0.4, 0.5) is 5.69 Å². The summed E-state index contributed by atoms with van der Waals surface area (Å²) in [6, 6.07) is 48.3. The molecule has 5 heterocycles. The first-order valence-corrected chi connectivity index (χ1v) is 16.7. The van der Waals surface area contributed by atoms with E-state index < -0.39 is 0 Å². The quantitative estimate of drug-likeness (QED) is 0.195. The van der Waals surface area contributed by atoms with Crippen molar-refractivity contribution in [1.82, 2.24) is 24.1 Å². The third kappa shape index (κ3) is 4.85. The Bertz CT molecular complexity index is 2660. The summed E-state index contributed by atoms with van der Waals surface area (Å²) in [5, 5.41) is 2.17. The molecule has 5 aromatic heterocycles. The van der Waals surface area contributed by atoms with Crippen molar-refractivity contribution in [1.29, 1.82) is 0 Å². The molecule has 4 aromatic carbocycles. The molecule has 2 N–H and O–H groups in total. The van der Waals surface area contributed by atoms with Crippen molar-refractivity contribution in [3.05, 3.63) is 164 Å². The zero-order chi connectivity index (χ0) is 33.6. The van der Waals surface area contributed by atoms with E-state index in [1.54, 1.807) is 0 Å². The number of aromatic nitrogens is 5. The molecule has 0 aliphatic rings. The van der Waals surface area contributed by atoms with Gasteiger partial charge in [-0.2, -0.15) is 0 Å². The van der Waals surface area contributed by atoms with Gasteiger partial charge in [0, 0.05) is 40.1 Å². The van der Waals surface area contributed by atoms with E-state index in [4.69, 9.17) is 15.7 Å². The van der Waals surface area contributed by atoms with E-state index in [1.165, 1.54) is 0 Å². The molecule has 0 unspecified atom stereocenters. The molecular formula is C44H32N6. The second kappa shape index (κ2) is 12.0. The third-order valence-corrected chi connectivity index (χ3v) is 9.32. The Hall–Kier alpha value is -6.79. The minimum atomic E-state index is 0.779. The van der Waals surface area contributed by atoms with Gasteiger partial charge in [-0.05, 0) is 96.9 Å². The topological polar surface area (TPSA) is 74.5 Å². The number of para-hydroxylation sites is 2. The molecule has 0 amide bonds. The van der Waals surface area contributed by atoms with E-state index in [2.05, 4.69) is 129 Å². The van der Waals surface area contributed by atoms with Crippen LogP contribution in [-0.2, 0) is 0 Å². The minimum absolute atomic E-state index is 0.779. The highest BCUT2D eigenvalue weighted by Crippen LogP contribution is 2.36. The molecule has 0 spiro atoms. The van der Waals surface area contributed by atoms with Crippen LogP contribution in [0.2, 0.25) is 0 Å². The maximum absolute atomic E-state index is 6.63. The Morgan fingerprint density at radius 3 is 2.04 bits per heavy atom. The second-order valence-corrected chi connectivity index (χ2v) is 12.3. The maximum Gasteiger partial charge on any atom is 0.0963 e. The number of rotatable bonds is 6. The molecule has 6 nitrogen and oxygen atoms in total. The summed E-state index contributed by atoms with van der Waals surface area (Å²) in [6.45, 7) is 2.01. The summed E-state index contributed by atoms with van der Waals surface area (Å²) in [5.41, 5.74) is 20.4. The molecule has 0 radical (unpaired) electrons. The molecular weight excluding hydrogens is 613 g/mol. The number of nitrogens with two attached hydrogens (primary N) is 1. The normalized spacial score (nSPS) is 11.7. The Kier molecular flexibility index (Phi) is 7.06. The number of anilines is 1. The smallest absolute Gasteiger partial charge is 0.0963 e. The Morgan fingerprint density at radius 2 is 1.24 bits per heavy atom. The predicted molar refractivity (Wildman–Crippen MR) is 206 cm³/mol. The van der Waals surface area contributed by atoms with E-state index in [-0.39, 0.29) is 0 Å². The summed E-state index contributed by atoms with van der Waals surface area (Å²) >= 11 is 0. The number of nitrogens with zero attached hydrogens (tertiary/aromatic N) is 5. The van der Waals surface area contributed by atoms with Crippen LogP contribution in [0.25, 0.3) is 84.1 Å². The van der Waals surface area contributed by atoms with E-state index >= 15 is 0 Å². The molecule has 0 saturated carbocycles. The van der Waals surface area contributed by atoms with Gasteiger partial charge in [-0.25, -0.2) is 4.98 Å². The maximum atomic E-state index is 6.63. The average molecular weight is 645 g/mol. The average Bonchev–Trinajstić information content (AvgIpc) is 3.67. The number of hydrogen-bond donors (Lipinski definition) is 1. The van der Waals surface area contributed by atoms with Gasteiger partial charge in [0.05, 0.1) is 50.5 Å². The van der Waals surface area contributed by atoms with Crippen LogP contribution in [0.15, 0.2) is 158 Å². The fourth-order valence-electron chi connectivity index (χ4n) is 7.04. The van der Waals surface area contributed by atoms with Gasteiger partial charge in [0.1, 0.15) is 0 Å². The van der Waals surface area contributed by atoms with E-state index in [1.807, 2.05) is 55.7 Å². The van der Waals surface area contributed by atoms with Crippen molar-refractivity contribution in [2.24, 2.45) is 0 Å². The lowest BCUT2D eigenvalue weighted by Gasteiger charge is -2.13. The van der Waals surface area contributed by atoms with E-state index in [0.717, 1.165) is 89.4 Å². The molecule has 9 rings (SSSR count). The van der Waals surface area contributed by atoms with Crippen LogP contribution in [0.1, 0.15) is 12.6 Å². The van der Waals surface area contributed by atoms with Crippen molar-refractivity contribution in [3.63, 3.8) is 0 Å². The molecule has 6 heteroatoms. The number of hydrogen-bond acceptors (Lipinski definition) is 4. The van der Waals surface area contributed by atoms with Crippen LogP contribution in [0, 0.1) is 0 Å². The molecule has 238 valence electrons. The Labute approximate surface area is 289 Å². The van der Waals surface area contributed by atoms with Gasteiger partial charge in [-0.1, -0.05) is 72.8 Å². The largest absolute Gasteiger partial charge is 0.396 e. The Morgan fingerprint density at radius 1 is 0.520 bits per heavy atom. The fraction of sp³-hybridized carbons (Fsp3) is 0.0227. The van der Waals surface area contributed by atoms with Gasteiger partial charge in [0.2, 0.25) is 0 Å². The van der Waals surface area contributed by atoms with Gasteiger partial charge in [-0.3, -0.25) is 9.97 Å². The lowest BCUT2D eigenvalue weighted by molar-refractivity contribution is 1.11. The van der Waals surface area contributed by atoms with Crippen LogP contribution in [0.5, 0.6) is 0 Å². The second-order valence-electron chi connectivity index (χ2n) is 12.3. The van der Waals surface area contributed by atoms with Crippen molar-refractivity contribution in [3.8, 4) is 45.1 Å². The van der Waals surface area contributed by atoms with E-state index in [0.29, 0.717) is 0 Å². The number of benzene rings is 4. The number of pyridine rings is 3. The third-order valence-electron chi connectivity index (χ3n) is 9.32. The van der Waals surface area contributed by atoms with E-state index in [9.17, 15) is 0 Å². The zero-order valence-electron chi connectivity index (χ0n) is 27.4. The lowest BCUT2D eigenvalue weighted by atomic mass is 10.0. The zero-order valence-corrected chi connectivity index (χ0v) is 27.4. The van der Waals surface area contributed by atoms with Crippen molar-refractivity contribution in [2.45, 2.75) is 6.92 Å². The standard InChI is InChI=1S/C44H32N6/c1-2-11-41-43(45)34-14-3-5-17-39(34)49(41)32-22-20-29(21-23-32)31-27-37(48-38(28-31)36-16-7-8-24-46-36)30-12-9-13-33(26-30)50-40-18-6-4-15-35(40)44-42(50)19-10-25-47-44/h2-28H,45H2,1H3/b11-2-. The first-order chi connectivity index (χ1) is 24.7. The highest BCUT2D eigenvalue weighted by molar-refractivity contribution is 6.07. The highest BCUT2D eigenvalue weighted by Gasteiger charge is 2.17. The highest BCUT2D eigenvalue weighted by atomic mass is 15.0. The van der Waals surface area contributed by atoms with Crippen LogP contribution < -0.4 is 5.73 Å². The molecule has 50 heavy (non-hydrogen) atoms. The van der Waals surface area contributed by atoms with Crippen molar-refractivity contribution in [2.75, 3.05) is 5.73 Å². The van der Waals surface area contributed by atoms with Crippen LogP contribution >= 0.6 is 0 Å². The summed E-state index contributed by atoms with van der Waals surface area (Å²) in [7, 11) is 0. The molecule has 0 fully saturated rings. The SMILES string of the molecule is C/C=C\c1c(N)c2ccccc2n1-c1ccc(-c2cc(-c3cccc(-n4c5ccccc5c5ncccc54)c3)nc(-c3ccccn3)c2)cc1. The molecule has 9 aromatic rings. The number of allylic oxidation sites excluding steroid dienone is 1. The fourth-order valence-corrected chi connectivity index (χ4v) is 7.04. The van der Waals surface area contributed by atoms with Crippen molar-refractivity contribution < 1.29 is 0 Å². The summed E-state index contributed by atoms with van der Waals surface area (Å²) < 4.78 is 4.50. The summed E-state index contributed by atoms with van der Waals surface area (Å²) in [5.74, 6) is 0. The minimum Gasteiger partial charge on any atom is -0.396 e. The summed E-state index contributed by atoms with van der Waals surface area (Å²) in [4.78, 5) is 14.6. The first-order valence-electron chi connectivity index (χ1n) is 16.7. The van der Waals surface area contributed by atoms with Gasteiger partial charge >= 0.3 is 0 Å². The van der Waals surface area contributed by atoms with Crippen LogP contribution in [-0.4, -0.2) is 24.1 Å². The first kappa shape index (κ1) is 29.4. The van der Waals surface area contributed by atoms with Gasteiger partial charge in [0.15, 0.2) is 0 Å². The van der Waals surface area contributed by atoms with Gasteiger partial charge in [0.25, 0.3) is 0 Å². The monoisotopic (exact) mass is 644 g/mol. The number of nitrogen functional groups attached to an aromatic ring is 1.